The second kappa shape index (κ2) is 8.20. The van der Waals surface area contributed by atoms with Gasteiger partial charge in [0.15, 0.2) is 16.4 Å². The Morgan fingerprint density at radius 1 is 1.11 bits per heavy atom. The molecule has 1 aromatic carbocycles. The molecule has 1 aliphatic heterocycles. The van der Waals surface area contributed by atoms with Crippen LogP contribution in [0.2, 0.25) is 0 Å². The van der Waals surface area contributed by atoms with Gasteiger partial charge in [-0.1, -0.05) is 12.1 Å². The van der Waals surface area contributed by atoms with Crippen molar-refractivity contribution in [2.24, 2.45) is 0 Å². The number of rotatable bonds is 6. The molecule has 0 aliphatic carbocycles. The molecule has 0 N–H and O–H groups in total. The van der Waals surface area contributed by atoms with Gasteiger partial charge < -0.3 is 14.1 Å². The number of anilines is 1. The van der Waals surface area contributed by atoms with Gasteiger partial charge in [-0.05, 0) is 43.4 Å². The van der Waals surface area contributed by atoms with E-state index in [4.69, 9.17) is 26.5 Å². The van der Waals surface area contributed by atoms with E-state index < -0.39 is 0 Å². The number of methoxy groups -OCH3 is 1. The smallest absolute Gasteiger partial charge is 0.199 e. The molecule has 0 bridgehead atoms. The molecule has 0 radical (unpaired) electrons. The zero-order valence-corrected chi connectivity index (χ0v) is 17.1. The first-order valence-electron chi connectivity index (χ1n) is 9.53. The van der Waals surface area contributed by atoms with Crippen molar-refractivity contribution in [3.8, 4) is 17.3 Å². The number of furan rings is 1. The zero-order valence-electron chi connectivity index (χ0n) is 16.2. The van der Waals surface area contributed by atoms with Crippen LogP contribution in [0.1, 0.15) is 6.92 Å². The van der Waals surface area contributed by atoms with Crippen LogP contribution in [0.25, 0.3) is 11.6 Å². The van der Waals surface area contributed by atoms with Crippen molar-refractivity contribution in [1.29, 1.82) is 0 Å². The fraction of sp³-hybridized carbons (Fsp3) is 0.400. The van der Waals surface area contributed by atoms with E-state index in [0.29, 0.717) is 6.67 Å². The van der Waals surface area contributed by atoms with Gasteiger partial charge in [0, 0.05) is 32.7 Å². The van der Waals surface area contributed by atoms with Crippen LogP contribution in [0, 0.1) is 4.77 Å². The monoisotopic (exact) mass is 399 g/mol. The summed E-state index contributed by atoms with van der Waals surface area (Å²) in [5, 5.41) is 4.73. The lowest BCUT2D eigenvalue weighted by Gasteiger charge is -2.36. The van der Waals surface area contributed by atoms with Crippen LogP contribution < -0.4 is 9.64 Å². The first-order chi connectivity index (χ1) is 13.7. The highest BCUT2D eigenvalue weighted by atomic mass is 32.1. The van der Waals surface area contributed by atoms with Gasteiger partial charge in [-0.15, -0.1) is 5.10 Å². The maximum atomic E-state index is 5.66. The minimum atomic E-state index is 0.680. The van der Waals surface area contributed by atoms with E-state index in [1.807, 2.05) is 33.5 Å². The van der Waals surface area contributed by atoms with E-state index in [1.54, 1.807) is 13.4 Å². The van der Waals surface area contributed by atoms with Crippen molar-refractivity contribution in [2.45, 2.75) is 20.1 Å². The average molecular weight is 400 g/mol. The largest absolute Gasteiger partial charge is 0.495 e. The highest BCUT2D eigenvalue weighted by molar-refractivity contribution is 7.71. The van der Waals surface area contributed by atoms with Gasteiger partial charge in [-0.2, -0.15) is 0 Å². The number of para-hydroxylation sites is 2. The lowest BCUT2D eigenvalue weighted by Crippen LogP contribution is -2.47. The summed E-state index contributed by atoms with van der Waals surface area (Å²) in [6, 6.07) is 12.0. The molecule has 3 aromatic rings. The summed E-state index contributed by atoms with van der Waals surface area (Å²) in [5.41, 5.74) is 1.15. The second-order valence-corrected chi connectivity index (χ2v) is 7.11. The summed E-state index contributed by atoms with van der Waals surface area (Å²) in [5.74, 6) is 2.45. The quantitative estimate of drug-likeness (QED) is 0.592. The third-order valence-corrected chi connectivity index (χ3v) is 5.54. The SMILES string of the molecule is CCn1c(-c2ccco2)nn(CN2CCN(c3ccccc3OC)CC2)c1=S. The average Bonchev–Trinajstić information content (AvgIpc) is 3.37. The maximum absolute atomic E-state index is 5.66. The molecule has 28 heavy (non-hydrogen) atoms. The predicted molar refractivity (Wildman–Crippen MR) is 111 cm³/mol. The van der Waals surface area contributed by atoms with Crippen LogP contribution in [-0.4, -0.2) is 52.5 Å². The van der Waals surface area contributed by atoms with Gasteiger partial charge in [0.05, 0.1) is 25.7 Å². The van der Waals surface area contributed by atoms with Gasteiger partial charge in [0.2, 0.25) is 0 Å². The van der Waals surface area contributed by atoms with Crippen molar-refractivity contribution in [2.75, 3.05) is 38.2 Å². The number of piperazine rings is 1. The van der Waals surface area contributed by atoms with E-state index in [9.17, 15) is 0 Å². The van der Waals surface area contributed by atoms with Gasteiger partial charge in [-0.3, -0.25) is 9.47 Å². The highest BCUT2D eigenvalue weighted by Gasteiger charge is 2.21. The first-order valence-corrected chi connectivity index (χ1v) is 9.94. The maximum Gasteiger partial charge on any atom is 0.199 e. The number of hydrogen-bond donors (Lipinski definition) is 0. The van der Waals surface area contributed by atoms with Crippen LogP contribution in [0.15, 0.2) is 47.1 Å². The normalized spacial score (nSPS) is 15.1. The molecule has 3 heterocycles. The van der Waals surface area contributed by atoms with Crippen molar-refractivity contribution in [1.82, 2.24) is 19.2 Å². The van der Waals surface area contributed by atoms with Gasteiger partial charge >= 0.3 is 0 Å². The van der Waals surface area contributed by atoms with Crippen LogP contribution in [0.5, 0.6) is 5.75 Å². The number of ether oxygens (including phenoxy) is 1. The second-order valence-electron chi connectivity index (χ2n) is 6.75. The predicted octanol–water partition coefficient (Wildman–Crippen LogP) is 3.48. The van der Waals surface area contributed by atoms with Crippen molar-refractivity contribution in [3.05, 3.63) is 47.4 Å². The van der Waals surface area contributed by atoms with Gasteiger partial charge in [0.25, 0.3) is 0 Å². The molecule has 4 rings (SSSR count). The van der Waals surface area contributed by atoms with Crippen LogP contribution in [0.4, 0.5) is 5.69 Å². The van der Waals surface area contributed by atoms with Crippen molar-refractivity contribution < 1.29 is 9.15 Å². The Morgan fingerprint density at radius 3 is 2.57 bits per heavy atom. The van der Waals surface area contributed by atoms with E-state index in [2.05, 4.69) is 28.9 Å². The van der Waals surface area contributed by atoms with E-state index >= 15 is 0 Å². The Morgan fingerprint density at radius 2 is 1.89 bits per heavy atom. The Bertz CT molecular complexity index is 971. The summed E-state index contributed by atoms with van der Waals surface area (Å²) in [6.45, 7) is 7.26. The molecule has 0 atom stereocenters. The molecular formula is C20H25N5O2S. The van der Waals surface area contributed by atoms with E-state index in [1.165, 1.54) is 0 Å². The summed E-state index contributed by atoms with van der Waals surface area (Å²) in [7, 11) is 1.72. The molecule has 0 saturated carbocycles. The van der Waals surface area contributed by atoms with Crippen molar-refractivity contribution in [3.63, 3.8) is 0 Å². The summed E-state index contributed by atoms with van der Waals surface area (Å²) in [6.07, 6.45) is 1.66. The molecule has 1 aliphatic rings. The molecule has 0 spiro atoms. The van der Waals surface area contributed by atoms with E-state index in [0.717, 1.165) is 60.5 Å². The summed E-state index contributed by atoms with van der Waals surface area (Å²) < 4.78 is 15.7. The molecule has 8 heteroatoms. The molecule has 0 amide bonds. The van der Waals surface area contributed by atoms with Crippen LogP contribution in [-0.2, 0) is 13.2 Å². The van der Waals surface area contributed by atoms with Crippen molar-refractivity contribution >= 4 is 17.9 Å². The van der Waals surface area contributed by atoms with Crippen LogP contribution >= 0.6 is 12.2 Å². The van der Waals surface area contributed by atoms with E-state index in [-0.39, 0.29) is 0 Å². The summed E-state index contributed by atoms with van der Waals surface area (Å²) in [4.78, 5) is 4.74. The minimum absolute atomic E-state index is 0.680. The Balaban J connectivity index is 1.46. The summed E-state index contributed by atoms with van der Waals surface area (Å²) >= 11 is 5.66. The topological polar surface area (TPSA) is 51.6 Å². The zero-order chi connectivity index (χ0) is 19.5. The van der Waals surface area contributed by atoms with Gasteiger partial charge in [-0.25, -0.2) is 4.68 Å². The molecule has 0 unspecified atom stereocenters. The third-order valence-electron chi connectivity index (χ3n) is 5.11. The first kappa shape index (κ1) is 18.8. The number of nitrogens with zero attached hydrogens (tertiary/aromatic N) is 5. The Labute approximate surface area is 169 Å². The minimum Gasteiger partial charge on any atom is -0.495 e. The van der Waals surface area contributed by atoms with Crippen LogP contribution in [0.3, 0.4) is 0 Å². The Hall–Kier alpha value is -2.58. The number of benzene rings is 1. The van der Waals surface area contributed by atoms with Gasteiger partial charge in [0.1, 0.15) is 5.75 Å². The lowest BCUT2D eigenvalue weighted by atomic mass is 10.2. The highest BCUT2D eigenvalue weighted by Crippen LogP contribution is 2.28. The number of aromatic nitrogens is 3. The molecule has 148 valence electrons. The molecular weight excluding hydrogens is 374 g/mol. The Kier molecular flexibility index (Phi) is 5.50. The number of hydrogen-bond acceptors (Lipinski definition) is 6. The molecule has 1 saturated heterocycles. The third kappa shape index (κ3) is 3.57. The molecule has 2 aromatic heterocycles. The standard InChI is InChI=1S/C20H25N5O2S/c1-3-24-19(18-9-6-14-27-18)21-25(20(24)28)15-22-10-12-23(13-11-22)16-7-4-5-8-17(16)26-2/h4-9,14H,3,10-13,15H2,1-2H3. The fourth-order valence-electron chi connectivity index (χ4n) is 3.62. The lowest BCUT2D eigenvalue weighted by molar-refractivity contribution is 0.194. The molecule has 7 nitrogen and oxygen atoms in total. The fourth-order valence-corrected chi connectivity index (χ4v) is 3.93. The molecule has 1 fully saturated rings.